The van der Waals surface area contributed by atoms with E-state index < -0.39 is 21.9 Å². The summed E-state index contributed by atoms with van der Waals surface area (Å²) in [6, 6.07) is 13.3. The van der Waals surface area contributed by atoms with Crippen LogP contribution in [0.25, 0.3) is 10.2 Å². The summed E-state index contributed by atoms with van der Waals surface area (Å²) in [7, 11) is -3.64. The number of hydrogen-bond donors (Lipinski definition) is 1. The van der Waals surface area contributed by atoms with E-state index in [0.29, 0.717) is 42.2 Å². The Morgan fingerprint density at radius 3 is 2.75 bits per heavy atom. The van der Waals surface area contributed by atoms with Crippen LogP contribution in [0.3, 0.4) is 0 Å². The highest BCUT2D eigenvalue weighted by atomic mass is 32.2. The highest BCUT2D eigenvalue weighted by Crippen LogP contribution is 2.29. The minimum atomic E-state index is -3.64. The van der Waals surface area contributed by atoms with Gasteiger partial charge in [0.25, 0.3) is 0 Å². The van der Waals surface area contributed by atoms with Crippen molar-refractivity contribution in [1.82, 2.24) is 9.29 Å². The van der Waals surface area contributed by atoms with Crippen LogP contribution in [-0.2, 0) is 19.6 Å². The van der Waals surface area contributed by atoms with E-state index in [0.717, 1.165) is 4.70 Å². The first-order valence-corrected chi connectivity index (χ1v) is 12.6. The molecule has 1 aliphatic heterocycles. The number of piperidine rings is 1. The van der Waals surface area contributed by atoms with E-state index in [2.05, 4.69) is 10.3 Å². The number of sulfonamides is 1. The standard InChI is InChI=1S/C22H23N3O5S2/c1-2-30-21(27)15-10-11-18-19(13-15)31-22(23-18)24-20(26)16-7-6-12-25(14-16)32(28,29)17-8-4-3-5-9-17/h3-5,8-11,13,16H,2,6-7,12,14H2,1H3,(H,23,24,26). The maximum Gasteiger partial charge on any atom is 0.338 e. The Hall–Kier alpha value is -2.82. The van der Waals surface area contributed by atoms with Crippen LogP contribution in [0, 0.1) is 5.92 Å². The number of amides is 1. The van der Waals surface area contributed by atoms with Crippen LogP contribution < -0.4 is 5.32 Å². The first kappa shape index (κ1) is 22.4. The van der Waals surface area contributed by atoms with Gasteiger partial charge in [0.2, 0.25) is 15.9 Å². The molecule has 0 bridgehead atoms. The van der Waals surface area contributed by atoms with Gasteiger partial charge in [-0.25, -0.2) is 18.2 Å². The lowest BCUT2D eigenvalue weighted by Crippen LogP contribution is -2.43. The first-order chi connectivity index (χ1) is 15.4. The normalized spacial score (nSPS) is 17.2. The zero-order chi connectivity index (χ0) is 22.7. The number of ether oxygens (including phenoxy) is 1. The van der Waals surface area contributed by atoms with Crippen molar-refractivity contribution in [3.8, 4) is 0 Å². The number of anilines is 1. The molecular weight excluding hydrogens is 450 g/mol. The highest BCUT2D eigenvalue weighted by Gasteiger charge is 2.33. The van der Waals surface area contributed by atoms with Crippen molar-refractivity contribution in [2.45, 2.75) is 24.7 Å². The Morgan fingerprint density at radius 2 is 2.00 bits per heavy atom. The summed E-state index contributed by atoms with van der Waals surface area (Å²) in [4.78, 5) is 29.4. The maximum atomic E-state index is 12.9. The van der Waals surface area contributed by atoms with Gasteiger partial charge >= 0.3 is 5.97 Å². The Morgan fingerprint density at radius 1 is 1.22 bits per heavy atom. The van der Waals surface area contributed by atoms with Crippen LogP contribution in [0.4, 0.5) is 5.13 Å². The molecule has 168 valence electrons. The molecule has 2 aromatic carbocycles. The molecule has 4 rings (SSSR count). The molecule has 0 spiro atoms. The lowest BCUT2D eigenvalue weighted by atomic mass is 9.99. The Kier molecular flexibility index (Phi) is 6.54. The second-order valence-electron chi connectivity index (χ2n) is 7.43. The predicted molar refractivity (Wildman–Crippen MR) is 122 cm³/mol. The minimum Gasteiger partial charge on any atom is -0.462 e. The van der Waals surface area contributed by atoms with Crippen LogP contribution in [0.2, 0.25) is 0 Å². The molecule has 1 unspecified atom stereocenters. The number of carbonyl (C=O) groups is 2. The molecule has 0 aliphatic carbocycles. The van der Waals surface area contributed by atoms with Gasteiger partial charge in [-0.05, 0) is 50.1 Å². The molecule has 32 heavy (non-hydrogen) atoms. The van der Waals surface area contributed by atoms with Crippen LogP contribution in [0.1, 0.15) is 30.1 Å². The molecule has 0 radical (unpaired) electrons. The summed E-state index contributed by atoms with van der Waals surface area (Å²) in [5.74, 6) is -1.14. The molecule has 1 amide bonds. The van der Waals surface area contributed by atoms with E-state index in [-0.39, 0.29) is 17.3 Å². The second-order valence-corrected chi connectivity index (χ2v) is 10.4. The van der Waals surface area contributed by atoms with Gasteiger partial charge in [-0.2, -0.15) is 4.31 Å². The number of fused-ring (bicyclic) bond motifs is 1. The average Bonchev–Trinajstić information content (AvgIpc) is 3.21. The smallest absolute Gasteiger partial charge is 0.338 e. The summed E-state index contributed by atoms with van der Waals surface area (Å²) in [5, 5.41) is 3.23. The molecular formula is C22H23N3O5S2. The molecule has 1 N–H and O–H groups in total. The Bertz CT molecular complexity index is 1240. The number of nitrogens with one attached hydrogen (secondary N) is 1. The zero-order valence-electron chi connectivity index (χ0n) is 17.5. The van der Waals surface area contributed by atoms with Crippen molar-refractivity contribution in [2.24, 2.45) is 5.92 Å². The second kappa shape index (κ2) is 9.35. The van der Waals surface area contributed by atoms with Crippen LogP contribution in [0.5, 0.6) is 0 Å². The SMILES string of the molecule is CCOC(=O)c1ccc2nc(NC(=O)C3CCCN(S(=O)(=O)c4ccccc4)C3)sc2c1. The van der Waals surface area contributed by atoms with Crippen molar-refractivity contribution in [1.29, 1.82) is 0 Å². The molecule has 10 heteroatoms. The van der Waals surface area contributed by atoms with Crippen LogP contribution >= 0.6 is 11.3 Å². The third-order valence-electron chi connectivity index (χ3n) is 5.27. The fraction of sp³-hybridized carbons (Fsp3) is 0.318. The molecule has 1 fully saturated rings. The van der Waals surface area contributed by atoms with Crippen LogP contribution in [0.15, 0.2) is 53.4 Å². The van der Waals surface area contributed by atoms with Crippen molar-refractivity contribution >= 4 is 48.6 Å². The van der Waals surface area contributed by atoms with Crippen LogP contribution in [-0.4, -0.2) is 49.3 Å². The van der Waals surface area contributed by atoms with E-state index in [1.54, 1.807) is 55.5 Å². The van der Waals surface area contributed by atoms with E-state index >= 15 is 0 Å². The predicted octanol–water partition coefficient (Wildman–Crippen LogP) is 3.51. The number of hydrogen-bond acceptors (Lipinski definition) is 7. The van der Waals surface area contributed by atoms with Gasteiger partial charge in [0, 0.05) is 13.1 Å². The number of thiazole rings is 1. The maximum absolute atomic E-state index is 12.9. The third-order valence-corrected chi connectivity index (χ3v) is 8.08. The summed E-state index contributed by atoms with van der Waals surface area (Å²) < 4.78 is 33.0. The van der Waals surface area contributed by atoms with Gasteiger partial charge in [-0.15, -0.1) is 0 Å². The van der Waals surface area contributed by atoms with Crippen molar-refractivity contribution < 1.29 is 22.7 Å². The van der Waals surface area contributed by atoms with E-state index in [1.165, 1.54) is 15.6 Å². The van der Waals surface area contributed by atoms with E-state index in [1.807, 2.05) is 0 Å². The minimum absolute atomic E-state index is 0.126. The molecule has 0 saturated carbocycles. The topological polar surface area (TPSA) is 106 Å². The number of rotatable bonds is 6. The molecule has 1 saturated heterocycles. The van der Waals surface area contributed by atoms with E-state index in [9.17, 15) is 18.0 Å². The molecule has 1 aromatic heterocycles. The summed E-state index contributed by atoms with van der Waals surface area (Å²) in [5.41, 5.74) is 1.09. The highest BCUT2D eigenvalue weighted by molar-refractivity contribution is 7.89. The van der Waals surface area contributed by atoms with Gasteiger partial charge in [-0.3, -0.25) is 4.79 Å². The molecule has 2 heterocycles. The Balaban J connectivity index is 1.46. The average molecular weight is 474 g/mol. The zero-order valence-corrected chi connectivity index (χ0v) is 19.1. The molecule has 3 aromatic rings. The number of esters is 1. The monoisotopic (exact) mass is 473 g/mol. The Labute approximate surface area is 190 Å². The number of nitrogens with zero attached hydrogens (tertiary/aromatic N) is 2. The number of carbonyl (C=O) groups excluding carboxylic acids is 2. The number of aromatic nitrogens is 1. The van der Waals surface area contributed by atoms with Gasteiger partial charge in [0.1, 0.15) is 0 Å². The lowest BCUT2D eigenvalue weighted by molar-refractivity contribution is -0.120. The van der Waals surface area contributed by atoms with Crippen molar-refractivity contribution in [2.75, 3.05) is 25.0 Å². The van der Waals surface area contributed by atoms with Crippen molar-refractivity contribution in [3.63, 3.8) is 0 Å². The van der Waals surface area contributed by atoms with Crippen molar-refractivity contribution in [3.05, 3.63) is 54.1 Å². The van der Waals surface area contributed by atoms with Gasteiger partial charge in [0.05, 0.1) is 33.2 Å². The lowest BCUT2D eigenvalue weighted by Gasteiger charge is -2.31. The van der Waals surface area contributed by atoms with Gasteiger partial charge < -0.3 is 10.1 Å². The van der Waals surface area contributed by atoms with Gasteiger partial charge in [-0.1, -0.05) is 29.5 Å². The molecule has 8 nitrogen and oxygen atoms in total. The molecule has 1 aliphatic rings. The molecule has 1 atom stereocenters. The fourth-order valence-electron chi connectivity index (χ4n) is 3.64. The summed E-state index contributed by atoms with van der Waals surface area (Å²) in [6.45, 7) is 2.55. The summed E-state index contributed by atoms with van der Waals surface area (Å²) >= 11 is 1.26. The summed E-state index contributed by atoms with van der Waals surface area (Å²) in [6.07, 6.45) is 1.21. The first-order valence-electron chi connectivity index (χ1n) is 10.3. The van der Waals surface area contributed by atoms with Gasteiger partial charge in [0.15, 0.2) is 5.13 Å². The number of benzene rings is 2. The largest absolute Gasteiger partial charge is 0.462 e. The van der Waals surface area contributed by atoms with E-state index in [4.69, 9.17) is 4.74 Å². The fourth-order valence-corrected chi connectivity index (χ4v) is 6.10. The quantitative estimate of drug-likeness (QED) is 0.549. The third kappa shape index (κ3) is 4.67.